The van der Waals surface area contributed by atoms with Crippen molar-refractivity contribution >= 4 is 21.6 Å². The van der Waals surface area contributed by atoms with E-state index in [2.05, 4.69) is 45.0 Å². The lowest BCUT2D eigenvalue weighted by Crippen LogP contribution is -2.17. The molecule has 0 saturated heterocycles. The Morgan fingerprint density at radius 1 is 1.26 bits per heavy atom. The summed E-state index contributed by atoms with van der Waals surface area (Å²) in [6, 6.07) is 12.3. The van der Waals surface area contributed by atoms with Gasteiger partial charge in [0, 0.05) is 29.4 Å². The van der Waals surface area contributed by atoms with E-state index in [4.69, 9.17) is 5.73 Å². The smallest absolute Gasteiger partial charge is 0.0600 e. The number of rotatable bonds is 4. The standard InChI is InChI=1S/C15H18BrN3/c1-11-4-3-5-14(18-11)10-19(2)15-7-12(9-17)6-13(16)8-15/h3-8H,9-10,17H2,1-2H3. The molecular weight excluding hydrogens is 302 g/mol. The fraction of sp³-hybridized carbons (Fsp3) is 0.267. The van der Waals surface area contributed by atoms with Gasteiger partial charge in [0.25, 0.3) is 0 Å². The lowest BCUT2D eigenvalue weighted by molar-refractivity contribution is 0.874. The molecule has 19 heavy (non-hydrogen) atoms. The summed E-state index contributed by atoms with van der Waals surface area (Å²) in [5.74, 6) is 0. The number of hydrogen-bond donors (Lipinski definition) is 1. The topological polar surface area (TPSA) is 42.1 Å². The van der Waals surface area contributed by atoms with Crippen LogP contribution in [0.2, 0.25) is 0 Å². The van der Waals surface area contributed by atoms with Gasteiger partial charge in [0.15, 0.2) is 0 Å². The summed E-state index contributed by atoms with van der Waals surface area (Å²) in [6.07, 6.45) is 0. The number of hydrogen-bond acceptors (Lipinski definition) is 3. The molecule has 2 rings (SSSR count). The molecule has 0 spiro atoms. The predicted octanol–water partition coefficient (Wildman–Crippen LogP) is 3.25. The maximum absolute atomic E-state index is 5.71. The van der Waals surface area contributed by atoms with Crippen molar-refractivity contribution in [1.82, 2.24) is 4.98 Å². The van der Waals surface area contributed by atoms with Gasteiger partial charge in [-0.15, -0.1) is 0 Å². The normalized spacial score (nSPS) is 10.5. The number of aryl methyl sites for hydroxylation is 1. The van der Waals surface area contributed by atoms with Gasteiger partial charge < -0.3 is 10.6 Å². The Morgan fingerprint density at radius 2 is 2.05 bits per heavy atom. The Morgan fingerprint density at radius 3 is 2.74 bits per heavy atom. The number of anilines is 1. The molecule has 0 aliphatic rings. The van der Waals surface area contributed by atoms with E-state index in [9.17, 15) is 0 Å². The molecule has 0 atom stereocenters. The van der Waals surface area contributed by atoms with Crippen LogP contribution in [0.25, 0.3) is 0 Å². The molecule has 1 aromatic heterocycles. The van der Waals surface area contributed by atoms with E-state index in [1.54, 1.807) is 0 Å². The lowest BCUT2D eigenvalue weighted by Gasteiger charge is -2.20. The highest BCUT2D eigenvalue weighted by Gasteiger charge is 2.06. The van der Waals surface area contributed by atoms with Gasteiger partial charge in [-0.05, 0) is 42.8 Å². The molecule has 2 N–H and O–H groups in total. The minimum absolute atomic E-state index is 0.545. The van der Waals surface area contributed by atoms with E-state index < -0.39 is 0 Å². The van der Waals surface area contributed by atoms with Gasteiger partial charge in [0.05, 0.1) is 12.2 Å². The molecule has 0 aliphatic carbocycles. The van der Waals surface area contributed by atoms with Crippen LogP contribution in [0, 0.1) is 6.92 Å². The van der Waals surface area contributed by atoms with Crippen LogP contribution in [0.4, 0.5) is 5.69 Å². The molecule has 1 heterocycles. The monoisotopic (exact) mass is 319 g/mol. The Bertz CT molecular complexity index is 569. The zero-order valence-corrected chi connectivity index (χ0v) is 12.8. The Kier molecular flexibility index (Phi) is 4.56. The SMILES string of the molecule is Cc1cccc(CN(C)c2cc(Br)cc(CN)c2)n1. The third-order valence-electron chi connectivity index (χ3n) is 2.96. The number of nitrogens with two attached hydrogens (primary N) is 1. The lowest BCUT2D eigenvalue weighted by atomic mass is 10.2. The van der Waals surface area contributed by atoms with Gasteiger partial charge in [-0.1, -0.05) is 22.0 Å². The largest absolute Gasteiger partial charge is 0.369 e. The van der Waals surface area contributed by atoms with Crippen LogP contribution in [-0.4, -0.2) is 12.0 Å². The maximum Gasteiger partial charge on any atom is 0.0600 e. The highest BCUT2D eigenvalue weighted by molar-refractivity contribution is 9.10. The van der Waals surface area contributed by atoms with Crippen molar-refractivity contribution in [3.8, 4) is 0 Å². The summed E-state index contributed by atoms with van der Waals surface area (Å²) in [4.78, 5) is 6.70. The molecule has 0 saturated carbocycles. The Balaban J connectivity index is 2.20. The fourth-order valence-electron chi connectivity index (χ4n) is 1.99. The average Bonchev–Trinajstić information content (AvgIpc) is 2.38. The molecule has 2 aromatic rings. The summed E-state index contributed by atoms with van der Waals surface area (Å²) in [5.41, 5.74) is 10.1. The third kappa shape index (κ3) is 3.78. The number of aromatic nitrogens is 1. The van der Waals surface area contributed by atoms with Gasteiger partial charge in [-0.2, -0.15) is 0 Å². The van der Waals surface area contributed by atoms with Crippen molar-refractivity contribution < 1.29 is 0 Å². The first-order valence-corrected chi connectivity index (χ1v) is 7.01. The van der Waals surface area contributed by atoms with Crippen molar-refractivity contribution in [3.63, 3.8) is 0 Å². The summed E-state index contributed by atoms with van der Waals surface area (Å²) >= 11 is 3.52. The van der Waals surface area contributed by atoms with Crippen molar-refractivity contribution in [1.29, 1.82) is 0 Å². The van der Waals surface area contributed by atoms with Crippen molar-refractivity contribution in [3.05, 3.63) is 57.8 Å². The van der Waals surface area contributed by atoms with Gasteiger partial charge in [0.2, 0.25) is 0 Å². The number of nitrogens with zero attached hydrogens (tertiary/aromatic N) is 2. The van der Waals surface area contributed by atoms with Gasteiger partial charge >= 0.3 is 0 Å². The quantitative estimate of drug-likeness (QED) is 0.940. The maximum atomic E-state index is 5.71. The molecule has 0 amide bonds. The van der Waals surface area contributed by atoms with Crippen LogP contribution in [0.5, 0.6) is 0 Å². The second-order valence-corrected chi connectivity index (χ2v) is 5.56. The van der Waals surface area contributed by atoms with Crippen molar-refractivity contribution in [2.24, 2.45) is 5.73 Å². The van der Waals surface area contributed by atoms with E-state index in [0.717, 1.165) is 33.7 Å². The molecule has 100 valence electrons. The molecule has 0 radical (unpaired) electrons. The first-order chi connectivity index (χ1) is 9.08. The highest BCUT2D eigenvalue weighted by Crippen LogP contribution is 2.23. The van der Waals surface area contributed by atoms with E-state index >= 15 is 0 Å². The molecule has 0 unspecified atom stereocenters. The number of pyridine rings is 1. The fourth-order valence-corrected chi connectivity index (χ4v) is 2.52. The minimum atomic E-state index is 0.545. The third-order valence-corrected chi connectivity index (χ3v) is 3.42. The molecule has 0 bridgehead atoms. The summed E-state index contributed by atoms with van der Waals surface area (Å²) in [7, 11) is 2.06. The average molecular weight is 320 g/mol. The molecule has 4 heteroatoms. The zero-order chi connectivity index (χ0) is 13.8. The van der Waals surface area contributed by atoms with Crippen LogP contribution in [-0.2, 0) is 13.1 Å². The van der Waals surface area contributed by atoms with Crippen LogP contribution in [0.3, 0.4) is 0 Å². The molecule has 0 fully saturated rings. The van der Waals surface area contributed by atoms with Gasteiger partial charge in [-0.25, -0.2) is 0 Å². The first-order valence-electron chi connectivity index (χ1n) is 6.21. The van der Waals surface area contributed by atoms with Crippen LogP contribution in [0.1, 0.15) is 17.0 Å². The molecule has 1 aromatic carbocycles. The van der Waals surface area contributed by atoms with Crippen LogP contribution in [0.15, 0.2) is 40.9 Å². The second kappa shape index (κ2) is 6.17. The Hall–Kier alpha value is -1.39. The van der Waals surface area contributed by atoms with Crippen LogP contribution >= 0.6 is 15.9 Å². The molecular formula is C15H18BrN3. The van der Waals surface area contributed by atoms with E-state index in [1.165, 1.54) is 0 Å². The first kappa shape index (κ1) is 14.0. The van der Waals surface area contributed by atoms with E-state index in [-0.39, 0.29) is 0 Å². The second-order valence-electron chi connectivity index (χ2n) is 4.65. The summed E-state index contributed by atoms with van der Waals surface area (Å²) in [5, 5.41) is 0. The van der Waals surface area contributed by atoms with Crippen LogP contribution < -0.4 is 10.6 Å². The zero-order valence-electron chi connectivity index (χ0n) is 11.2. The Labute approximate surface area is 122 Å². The number of halogens is 1. The van der Waals surface area contributed by atoms with Crippen molar-refractivity contribution in [2.45, 2.75) is 20.0 Å². The van der Waals surface area contributed by atoms with Gasteiger partial charge in [0.1, 0.15) is 0 Å². The molecule has 0 aliphatic heterocycles. The number of benzene rings is 1. The van der Waals surface area contributed by atoms with Gasteiger partial charge in [-0.3, -0.25) is 4.98 Å². The van der Waals surface area contributed by atoms with E-state index in [0.29, 0.717) is 6.54 Å². The molecule has 3 nitrogen and oxygen atoms in total. The summed E-state index contributed by atoms with van der Waals surface area (Å²) < 4.78 is 1.05. The minimum Gasteiger partial charge on any atom is -0.369 e. The highest BCUT2D eigenvalue weighted by atomic mass is 79.9. The summed E-state index contributed by atoms with van der Waals surface area (Å²) in [6.45, 7) is 3.33. The predicted molar refractivity (Wildman–Crippen MR) is 83.1 cm³/mol. The van der Waals surface area contributed by atoms with E-state index in [1.807, 2.05) is 31.2 Å². The van der Waals surface area contributed by atoms with Crippen molar-refractivity contribution in [2.75, 3.05) is 11.9 Å².